The maximum absolute atomic E-state index is 13.0. The van der Waals surface area contributed by atoms with Crippen LogP contribution in [0.1, 0.15) is 42.2 Å². The average Bonchev–Trinajstić information content (AvgIpc) is 3.50. The summed E-state index contributed by atoms with van der Waals surface area (Å²) in [6.45, 7) is 3.04. The number of ether oxygens (including phenoxy) is 2. The molecule has 9 heteroatoms. The summed E-state index contributed by atoms with van der Waals surface area (Å²) in [7, 11) is 1.32. The van der Waals surface area contributed by atoms with Gasteiger partial charge in [-0.15, -0.1) is 0 Å². The summed E-state index contributed by atoms with van der Waals surface area (Å²) >= 11 is 0. The zero-order chi connectivity index (χ0) is 24.8. The van der Waals surface area contributed by atoms with Crippen molar-refractivity contribution in [3.8, 4) is 0 Å². The van der Waals surface area contributed by atoms with Gasteiger partial charge in [0.05, 0.1) is 24.7 Å². The molecule has 2 aromatic heterocycles. The normalized spacial score (nSPS) is 16.3. The fourth-order valence-corrected chi connectivity index (χ4v) is 4.38. The Morgan fingerprint density at radius 2 is 2.11 bits per heavy atom. The summed E-state index contributed by atoms with van der Waals surface area (Å²) in [6, 6.07) is 11.9. The lowest BCUT2D eigenvalue weighted by Crippen LogP contribution is -2.28. The molecule has 3 aromatic rings. The zero-order valence-electron chi connectivity index (χ0n) is 20.1. The van der Waals surface area contributed by atoms with Crippen molar-refractivity contribution in [3.63, 3.8) is 0 Å². The molecule has 0 saturated carbocycles. The Morgan fingerprint density at radius 3 is 2.80 bits per heavy atom. The second-order valence-corrected chi connectivity index (χ2v) is 8.75. The number of pyridine rings is 1. The van der Waals surface area contributed by atoms with Crippen molar-refractivity contribution in [3.05, 3.63) is 53.9 Å². The Hall–Kier alpha value is -3.43. The number of hydrogen-bond donors (Lipinski definition) is 3. The molecule has 0 unspecified atom stereocenters. The monoisotopic (exact) mass is 480 g/mol. The Morgan fingerprint density at radius 1 is 1.31 bits per heavy atom. The number of hydrogen-bond acceptors (Lipinski definition) is 7. The first-order chi connectivity index (χ1) is 17.0. The standard InChI is InChI=1S/C26H32N4O5/c1-17(11-13-31)28-19-15-20-22(29-25(32)21-9-6-14-35-21)23(26(33)34-2)30(24(20)27-16-19)12-10-18-7-4-3-5-8-18/h3-5,7-8,15-17,21,28,31H,6,9-14H2,1-2H3,(H,29,32)/t17-,21-/m1/s1. The van der Waals surface area contributed by atoms with E-state index in [1.807, 2.05) is 43.3 Å². The zero-order valence-corrected chi connectivity index (χ0v) is 20.1. The number of esters is 1. The van der Waals surface area contributed by atoms with Crippen molar-refractivity contribution in [2.45, 2.75) is 51.3 Å². The predicted octanol–water partition coefficient (Wildman–Crippen LogP) is 3.37. The van der Waals surface area contributed by atoms with Gasteiger partial charge in [0, 0.05) is 31.2 Å². The Labute approximate surface area is 204 Å². The summed E-state index contributed by atoms with van der Waals surface area (Å²) in [4.78, 5) is 30.6. The maximum atomic E-state index is 13.0. The molecule has 1 fully saturated rings. The molecule has 1 amide bonds. The smallest absolute Gasteiger partial charge is 0.356 e. The number of anilines is 2. The number of nitrogens with zero attached hydrogens (tertiary/aromatic N) is 2. The van der Waals surface area contributed by atoms with Gasteiger partial charge in [-0.25, -0.2) is 9.78 Å². The quantitative estimate of drug-likeness (QED) is 0.381. The highest BCUT2D eigenvalue weighted by Crippen LogP contribution is 2.33. The van der Waals surface area contributed by atoms with Gasteiger partial charge in [0.2, 0.25) is 0 Å². The van der Waals surface area contributed by atoms with Crippen LogP contribution in [-0.4, -0.2) is 59.0 Å². The van der Waals surface area contributed by atoms with Crippen LogP contribution in [0.25, 0.3) is 11.0 Å². The van der Waals surface area contributed by atoms with E-state index in [2.05, 4.69) is 15.6 Å². The number of carbonyl (C=O) groups is 2. The number of methoxy groups -OCH3 is 1. The topological polar surface area (TPSA) is 115 Å². The summed E-state index contributed by atoms with van der Waals surface area (Å²) < 4.78 is 12.5. The third-order valence-corrected chi connectivity index (χ3v) is 6.19. The van der Waals surface area contributed by atoms with Crippen LogP contribution in [0.15, 0.2) is 42.6 Å². The molecule has 186 valence electrons. The van der Waals surface area contributed by atoms with Crippen LogP contribution in [0.4, 0.5) is 11.4 Å². The number of amides is 1. The van der Waals surface area contributed by atoms with Crippen molar-refractivity contribution >= 4 is 34.3 Å². The van der Waals surface area contributed by atoms with E-state index in [1.54, 1.807) is 10.8 Å². The molecule has 35 heavy (non-hydrogen) atoms. The van der Waals surface area contributed by atoms with E-state index in [-0.39, 0.29) is 24.2 Å². The van der Waals surface area contributed by atoms with Crippen molar-refractivity contribution in [2.24, 2.45) is 0 Å². The third kappa shape index (κ3) is 5.63. The van der Waals surface area contributed by atoms with Crippen LogP contribution in [0.2, 0.25) is 0 Å². The van der Waals surface area contributed by atoms with Crippen molar-refractivity contribution in [1.29, 1.82) is 0 Å². The lowest BCUT2D eigenvalue weighted by Gasteiger charge is -2.14. The van der Waals surface area contributed by atoms with Gasteiger partial charge in [-0.2, -0.15) is 0 Å². The van der Waals surface area contributed by atoms with E-state index in [0.717, 1.165) is 17.7 Å². The van der Waals surface area contributed by atoms with Crippen molar-refractivity contribution in [2.75, 3.05) is 31.0 Å². The molecule has 0 bridgehead atoms. The number of carbonyl (C=O) groups excluding carboxylic acids is 2. The lowest BCUT2D eigenvalue weighted by molar-refractivity contribution is -0.124. The first kappa shape index (κ1) is 24.7. The minimum absolute atomic E-state index is 0.0180. The number of rotatable bonds is 10. The molecular formula is C26H32N4O5. The van der Waals surface area contributed by atoms with Gasteiger partial charge in [0.25, 0.3) is 5.91 Å². The molecule has 1 saturated heterocycles. The predicted molar refractivity (Wildman–Crippen MR) is 134 cm³/mol. The van der Waals surface area contributed by atoms with E-state index in [9.17, 15) is 14.7 Å². The highest BCUT2D eigenvalue weighted by atomic mass is 16.5. The molecule has 0 spiro atoms. The molecule has 1 aliphatic heterocycles. The van der Waals surface area contributed by atoms with Crippen molar-refractivity contribution in [1.82, 2.24) is 9.55 Å². The van der Waals surface area contributed by atoms with E-state index < -0.39 is 12.1 Å². The van der Waals surface area contributed by atoms with Crippen LogP contribution < -0.4 is 10.6 Å². The molecule has 4 rings (SSSR count). The van der Waals surface area contributed by atoms with E-state index in [0.29, 0.717) is 49.1 Å². The largest absolute Gasteiger partial charge is 0.464 e. The van der Waals surface area contributed by atoms with Gasteiger partial charge in [-0.3, -0.25) is 4.79 Å². The molecule has 2 atom stereocenters. The summed E-state index contributed by atoms with van der Waals surface area (Å²) in [5.41, 5.74) is 3.03. The first-order valence-electron chi connectivity index (χ1n) is 12.0. The minimum Gasteiger partial charge on any atom is -0.464 e. The molecule has 0 radical (unpaired) electrons. The minimum atomic E-state index is -0.554. The lowest BCUT2D eigenvalue weighted by atomic mass is 10.1. The number of benzene rings is 1. The van der Waals surface area contributed by atoms with Crippen LogP contribution in [0.5, 0.6) is 0 Å². The van der Waals surface area contributed by atoms with Gasteiger partial charge < -0.3 is 29.8 Å². The summed E-state index contributed by atoms with van der Waals surface area (Å²) in [6.07, 6.45) is 3.84. The highest BCUT2D eigenvalue weighted by Gasteiger charge is 2.30. The summed E-state index contributed by atoms with van der Waals surface area (Å²) in [5.74, 6) is -0.844. The average molecular weight is 481 g/mol. The molecule has 9 nitrogen and oxygen atoms in total. The van der Waals surface area contributed by atoms with Gasteiger partial charge in [0.1, 0.15) is 11.8 Å². The van der Waals surface area contributed by atoms with Gasteiger partial charge in [0.15, 0.2) is 5.69 Å². The van der Waals surface area contributed by atoms with Crippen LogP contribution >= 0.6 is 0 Å². The molecular weight excluding hydrogens is 448 g/mol. The second kappa shape index (κ2) is 11.3. The van der Waals surface area contributed by atoms with Gasteiger partial charge in [-0.05, 0) is 44.2 Å². The number of aliphatic hydroxyl groups excluding tert-OH is 1. The molecule has 1 aliphatic rings. The molecule has 1 aromatic carbocycles. The molecule has 0 aliphatic carbocycles. The number of aryl methyl sites for hydroxylation is 2. The number of aliphatic hydroxyl groups is 1. The van der Waals surface area contributed by atoms with E-state index in [1.165, 1.54) is 7.11 Å². The number of aromatic nitrogens is 2. The fourth-order valence-electron chi connectivity index (χ4n) is 4.38. The maximum Gasteiger partial charge on any atom is 0.356 e. The number of fused-ring (bicyclic) bond motifs is 1. The molecule has 3 heterocycles. The third-order valence-electron chi connectivity index (χ3n) is 6.19. The van der Waals surface area contributed by atoms with E-state index >= 15 is 0 Å². The SMILES string of the molecule is COC(=O)c1c(NC(=O)[C@H]2CCCO2)c2cc(N[C@H](C)CCO)cnc2n1CCc1ccccc1. The van der Waals surface area contributed by atoms with Gasteiger partial charge in [-0.1, -0.05) is 30.3 Å². The van der Waals surface area contributed by atoms with Crippen LogP contribution in [0, 0.1) is 0 Å². The van der Waals surface area contributed by atoms with Crippen LogP contribution in [0.3, 0.4) is 0 Å². The summed E-state index contributed by atoms with van der Waals surface area (Å²) in [5, 5.41) is 16.1. The Balaban J connectivity index is 1.78. The fraction of sp³-hybridized carbons (Fsp3) is 0.423. The second-order valence-electron chi connectivity index (χ2n) is 8.75. The molecule has 3 N–H and O–H groups in total. The van der Waals surface area contributed by atoms with E-state index in [4.69, 9.17) is 9.47 Å². The Bertz CT molecular complexity index is 1170. The Kier molecular flexibility index (Phi) is 7.99. The first-order valence-corrected chi connectivity index (χ1v) is 12.0. The van der Waals surface area contributed by atoms with Crippen molar-refractivity contribution < 1.29 is 24.2 Å². The highest BCUT2D eigenvalue weighted by molar-refractivity contribution is 6.12. The number of nitrogens with one attached hydrogen (secondary N) is 2. The van der Waals surface area contributed by atoms with Gasteiger partial charge >= 0.3 is 5.97 Å². The van der Waals surface area contributed by atoms with Crippen LogP contribution in [-0.2, 0) is 27.2 Å².